The number of aromatic hydroxyl groups is 1. The topological polar surface area (TPSA) is 117 Å². The van der Waals surface area contributed by atoms with Gasteiger partial charge in [-0.05, 0) is 42.5 Å². The molecule has 3 aromatic rings. The molecule has 2 heterocycles. The third-order valence-corrected chi connectivity index (χ3v) is 6.07. The minimum atomic E-state index is -1.64. The van der Waals surface area contributed by atoms with Crippen LogP contribution in [0.2, 0.25) is 0 Å². The molecule has 0 fully saturated rings. The van der Waals surface area contributed by atoms with E-state index in [4.69, 9.17) is 5.11 Å². The van der Waals surface area contributed by atoms with Gasteiger partial charge in [0.05, 0.1) is 5.69 Å². The van der Waals surface area contributed by atoms with Gasteiger partial charge in [-0.1, -0.05) is 20.8 Å². The smallest absolute Gasteiger partial charge is 0.504 e. The minimum Gasteiger partial charge on any atom is -0.504 e. The molecule has 31 heavy (non-hydrogen) atoms. The number of carbonyl (C=O) groups is 1. The van der Waals surface area contributed by atoms with E-state index in [2.05, 4.69) is 52.5 Å². The van der Waals surface area contributed by atoms with Gasteiger partial charge in [0, 0.05) is 47.4 Å². The van der Waals surface area contributed by atoms with E-state index in [-0.39, 0.29) is 5.92 Å². The molecule has 1 aliphatic carbocycles. The first kappa shape index (κ1) is 21.0. The molecular formula is C23H27N3O5. The van der Waals surface area contributed by atoms with E-state index in [1.165, 1.54) is 0 Å². The third-order valence-electron chi connectivity index (χ3n) is 6.07. The summed E-state index contributed by atoms with van der Waals surface area (Å²) in [5.41, 5.74) is 4.43. The lowest BCUT2D eigenvalue weighted by atomic mass is 9.92. The first-order chi connectivity index (χ1) is 14.7. The molecule has 1 atom stereocenters. The van der Waals surface area contributed by atoms with Crippen LogP contribution >= 0.6 is 0 Å². The van der Waals surface area contributed by atoms with Crippen LogP contribution in [0.15, 0.2) is 23.0 Å². The third kappa shape index (κ3) is 3.67. The number of nitrogens with zero attached hydrogens (tertiary/aromatic N) is 1. The van der Waals surface area contributed by atoms with Crippen LogP contribution < -0.4 is 15.6 Å². The molecule has 0 saturated heterocycles. The summed E-state index contributed by atoms with van der Waals surface area (Å²) < 4.78 is 6.72. The Balaban J connectivity index is 1.92. The average molecular weight is 425 g/mol. The Kier molecular flexibility index (Phi) is 5.26. The lowest BCUT2D eigenvalue weighted by Crippen LogP contribution is -2.22. The number of aromatic nitrogens is 2. The molecule has 8 nitrogen and oxygen atoms in total. The Morgan fingerprint density at radius 3 is 2.77 bits per heavy atom. The lowest BCUT2D eigenvalue weighted by molar-refractivity contribution is 0.142. The fourth-order valence-corrected chi connectivity index (χ4v) is 4.34. The zero-order chi connectivity index (χ0) is 22.4. The van der Waals surface area contributed by atoms with Gasteiger partial charge in [0.2, 0.25) is 5.75 Å². The summed E-state index contributed by atoms with van der Waals surface area (Å²) in [5, 5.41) is 24.0. The second-order valence-electron chi connectivity index (χ2n) is 8.52. The number of hydrogen-bond acceptors (Lipinski definition) is 5. The zero-order valence-electron chi connectivity index (χ0n) is 18.1. The van der Waals surface area contributed by atoms with Crippen LogP contribution in [-0.4, -0.2) is 32.0 Å². The normalized spacial score (nSPS) is 15.6. The van der Waals surface area contributed by atoms with Gasteiger partial charge < -0.3 is 29.8 Å². The summed E-state index contributed by atoms with van der Waals surface area (Å²) in [6, 6.07) is 6.69. The molecule has 0 saturated carbocycles. The standard InChI is InChI=1S/C23H27N3O5/c1-11(2)24-10-14-7-13-8-17-16(9-18(13)26(14)4)12(3)5-6-15-19(17)25-22(28)21(20(15)27)31-23(29)30/h7-9,11-12,24H,5-6,10H2,1-4H3,(H,29,30)(H2,25,27,28). The van der Waals surface area contributed by atoms with Gasteiger partial charge in [0.15, 0.2) is 5.75 Å². The maximum atomic E-state index is 12.5. The minimum absolute atomic E-state index is 0.186. The molecule has 1 aromatic carbocycles. The number of aromatic amines is 1. The molecule has 0 spiro atoms. The Bertz CT molecular complexity index is 1240. The van der Waals surface area contributed by atoms with E-state index in [1.807, 2.05) is 13.1 Å². The van der Waals surface area contributed by atoms with Crippen LogP contribution in [0.3, 0.4) is 0 Å². The Morgan fingerprint density at radius 1 is 1.35 bits per heavy atom. The fourth-order valence-electron chi connectivity index (χ4n) is 4.34. The van der Waals surface area contributed by atoms with Crippen LogP contribution in [0, 0.1) is 0 Å². The van der Waals surface area contributed by atoms with Gasteiger partial charge >= 0.3 is 6.16 Å². The molecule has 4 N–H and O–H groups in total. The highest BCUT2D eigenvalue weighted by Gasteiger charge is 2.27. The molecule has 2 aromatic heterocycles. The highest BCUT2D eigenvalue weighted by Crippen LogP contribution is 2.43. The number of carboxylic acid groups (broad SMARTS) is 1. The molecule has 0 bridgehead atoms. The van der Waals surface area contributed by atoms with Crippen molar-refractivity contribution in [3.8, 4) is 22.8 Å². The largest absolute Gasteiger partial charge is 0.511 e. The summed E-state index contributed by atoms with van der Waals surface area (Å²) in [7, 11) is 2.05. The number of aryl methyl sites for hydroxylation is 1. The maximum absolute atomic E-state index is 12.5. The van der Waals surface area contributed by atoms with E-state index in [0.717, 1.165) is 40.7 Å². The van der Waals surface area contributed by atoms with Gasteiger partial charge in [-0.2, -0.15) is 0 Å². The number of rotatable bonds is 4. The van der Waals surface area contributed by atoms with E-state index in [1.54, 1.807) is 0 Å². The number of ether oxygens (including phenoxy) is 1. The van der Waals surface area contributed by atoms with E-state index in [9.17, 15) is 14.7 Å². The predicted molar refractivity (Wildman–Crippen MR) is 118 cm³/mol. The van der Waals surface area contributed by atoms with Crippen LogP contribution in [0.5, 0.6) is 11.5 Å². The number of hydrogen-bond donors (Lipinski definition) is 4. The summed E-state index contributed by atoms with van der Waals surface area (Å²) in [5.74, 6) is -0.799. The Labute approximate surface area is 179 Å². The van der Waals surface area contributed by atoms with Crippen molar-refractivity contribution in [2.75, 3.05) is 0 Å². The summed E-state index contributed by atoms with van der Waals surface area (Å²) in [4.78, 5) is 26.2. The molecule has 0 aliphatic heterocycles. The van der Waals surface area contributed by atoms with Crippen molar-refractivity contribution in [2.45, 2.75) is 52.1 Å². The number of fused-ring (bicyclic) bond motifs is 4. The number of nitrogens with one attached hydrogen (secondary N) is 2. The SMILES string of the molecule is CC(C)NCc1cc2cc3c(cc2n1C)C(C)CCc1c-3[nH]c(=O)c(OC(=O)O)c1O. The van der Waals surface area contributed by atoms with Crippen LogP contribution in [0.1, 0.15) is 49.9 Å². The van der Waals surface area contributed by atoms with Crippen molar-refractivity contribution in [3.05, 3.63) is 45.4 Å². The second-order valence-corrected chi connectivity index (χ2v) is 8.52. The zero-order valence-corrected chi connectivity index (χ0v) is 18.1. The summed E-state index contributed by atoms with van der Waals surface area (Å²) >= 11 is 0. The molecule has 0 amide bonds. The summed E-state index contributed by atoms with van der Waals surface area (Å²) in [6.07, 6.45) is -0.412. The maximum Gasteiger partial charge on any atom is 0.511 e. The van der Waals surface area contributed by atoms with Crippen molar-refractivity contribution in [1.82, 2.24) is 14.9 Å². The van der Waals surface area contributed by atoms with Gasteiger partial charge in [-0.3, -0.25) is 4.79 Å². The van der Waals surface area contributed by atoms with E-state index >= 15 is 0 Å². The number of pyridine rings is 1. The van der Waals surface area contributed by atoms with Crippen LogP contribution in [-0.2, 0) is 20.0 Å². The van der Waals surface area contributed by atoms with Crippen molar-refractivity contribution in [3.63, 3.8) is 0 Å². The van der Waals surface area contributed by atoms with Crippen LogP contribution in [0.4, 0.5) is 4.79 Å². The Hall–Kier alpha value is -3.26. The molecule has 8 heteroatoms. The fraction of sp³-hybridized carbons (Fsp3) is 0.391. The van der Waals surface area contributed by atoms with Crippen molar-refractivity contribution < 1.29 is 19.7 Å². The van der Waals surface area contributed by atoms with Crippen molar-refractivity contribution >= 4 is 17.1 Å². The predicted octanol–water partition coefficient (Wildman–Crippen LogP) is 3.84. The lowest BCUT2D eigenvalue weighted by Gasteiger charge is -2.15. The van der Waals surface area contributed by atoms with Crippen molar-refractivity contribution in [1.29, 1.82) is 0 Å². The van der Waals surface area contributed by atoms with Gasteiger partial charge in [0.1, 0.15) is 0 Å². The first-order valence-electron chi connectivity index (χ1n) is 10.4. The molecule has 1 unspecified atom stereocenters. The van der Waals surface area contributed by atoms with E-state index < -0.39 is 23.2 Å². The van der Waals surface area contributed by atoms with Gasteiger partial charge in [-0.25, -0.2) is 4.79 Å². The summed E-state index contributed by atoms with van der Waals surface area (Å²) in [6.45, 7) is 7.07. The first-order valence-corrected chi connectivity index (χ1v) is 10.4. The van der Waals surface area contributed by atoms with Crippen LogP contribution in [0.25, 0.3) is 22.2 Å². The van der Waals surface area contributed by atoms with E-state index in [0.29, 0.717) is 23.7 Å². The second kappa shape index (κ2) is 7.77. The molecular weight excluding hydrogens is 398 g/mol. The Morgan fingerprint density at radius 2 is 2.10 bits per heavy atom. The average Bonchev–Trinajstić information content (AvgIpc) is 2.94. The van der Waals surface area contributed by atoms with Gasteiger partial charge in [-0.15, -0.1) is 0 Å². The number of benzene rings is 1. The highest BCUT2D eigenvalue weighted by molar-refractivity contribution is 5.89. The highest BCUT2D eigenvalue weighted by atomic mass is 16.7. The molecule has 164 valence electrons. The van der Waals surface area contributed by atoms with Gasteiger partial charge in [0.25, 0.3) is 5.56 Å². The quantitative estimate of drug-likeness (QED) is 0.472. The number of H-pyrrole nitrogens is 1. The van der Waals surface area contributed by atoms with Crippen molar-refractivity contribution in [2.24, 2.45) is 7.05 Å². The molecule has 0 radical (unpaired) electrons. The molecule has 4 rings (SSSR count). The molecule has 1 aliphatic rings. The monoisotopic (exact) mass is 425 g/mol.